The summed E-state index contributed by atoms with van der Waals surface area (Å²) in [4.78, 5) is 22.7. The molecule has 0 aromatic carbocycles. The van der Waals surface area contributed by atoms with Crippen LogP contribution < -0.4 is 5.32 Å². The first-order valence-electron chi connectivity index (χ1n) is 6.26. The number of hydrogen-bond acceptors (Lipinski definition) is 2. The number of amides is 1. The van der Waals surface area contributed by atoms with Crippen LogP contribution in [0.2, 0.25) is 0 Å². The summed E-state index contributed by atoms with van der Waals surface area (Å²) in [6.07, 6.45) is 7.64. The zero-order chi connectivity index (χ0) is 12.7. The molecule has 17 heavy (non-hydrogen) atoms. The molecule has 0 aromatic heterocycles. The van der Waals surface area contributed by atoms with E-state index in [0.717, 1.165) is 19.3 Å². The number of allylic oxidation sites excluding steroid dienone is 1. The first-order valence-corrected chi connectivity index (χ1v) is 6.26. The highest BCUT2D eigenvalue weighted by Crippen LogP contribution is 2.29. The van der Waals surface area contributed by atoms with Gasteiger partial charge in [0.2, 0.25) is 5.91 Å². The van der Waals surface area contributed by atoms with Crippen LogP contribution in [0.4, 0.5) is 0 Å². The Kier molecular flexibility index (Phi) is 5.73. The molecule has 2 atom stereocenters. The summed E-state index contributed by atoms with van der Waals surface area (Å²) in [5, 5.41) is 11.8. The number of carboxylic acids is 1. The van der Waals surface area contributed by atoms with E-state index in [1.807, 2.05) is 19.1 Å². The van der Waals surface area contributed by atoms with Crippen molar-refractivity contribution in [3.05, 3.63) is 12.2 Å². The van der Waals surface area contributed by atoms with Crippen molar-refractivity contribution in [3.8, 4) is 0 Å². The minimum Gasteiger partial charge on any atom is -0.481 e. The molecule has 1 aliphatic carbocycles. The lowest BCUT2D eigenvalue weighted by Crippen LogP contribution is -2.35. The number of hydrogen-bond donors (Lipinski definition) is 2. The van der Waals surface area contributed by atoms with Crippen LogP contribution in [0.15, 0.2) is 12.2 Å². The van der Waals surface area contributed by atoms with Crippen LogP contribution in [0.3, 0.4) is 0 Å². The highest BCUT2D eigenvalue weighted by atomic mass is 16.4. The Morgan fingerprint density at radius 2 is 2.06 bits per heavy atom. The minimum atomic E-state index is -0.767. The van der Waals surface area contributed by atoms with E-state index in [0.29, 0.717) is 19.4 Å². The lowest BCUT2D eigenvalue weighted by molar-refractivity contribution is -0.144. The van der Waals surface area contributed by atoms with Crippen LogP contribution in [0.1, 0.15) is 39.0 Å². The molecular formula is C13H21NO3. The van der Waals surface area contributed by atoms with Gasteiger partial charge in [0.05, 0.1) is 5.92 Å². The van der Waals surface area contributed by atoms with Crippen molar-refractivity contribution < 1.29 is 14.7 Å². The van der Waals surface area contributed by atoms with Gasteiger partial charge in [-0.25, -0.2) is 0 Å². The van der Waals surface area contributed by atoms with Crippen LogP contribution in [0.25, 0.3) is 0 Å². The monoisotopic (exact) mass is 239 g/mol. The molecule has 0 heterocycles. The number of nitrogens with one attached hydrogen (secondary N) is 1. The molecule has 2 N–H and O–H groups in total. The van der Waals surface area contributed by atoms with Gasteiger partial charge >= 0.3 is 5.97 Å². The van der Waals surface area contributed by atoms with E-state index in [1.54, 1.807) is 0 Å². The van der Waals surface area contributed by atoms with Crippen molar-refractivity contribution in [2.45, 2.75) is 39.0 Å². The van der Waals surface area contributed by atoms with Crippen LogP contribution in [-0.2, 0) is 9.59 Å². The minimum absolute atomic E-state index is 0.0143. The lowest BCUT2D eigenvalue weighted by atomic mass is 9.81. The number of carboxylic acid groups (broad SMARTS) is 1. The normalized spacial score (nSPS) is 24.8. The van der Waals surface area contributed by atoms with E-state index >= 15 is 0 Å². The van der Waals surface area contributed by atoms with Gasteiger partial charge in [-0.15, -0.1) is 0 Å². The molecule has 1 rings (SSSR count). The van der Waals surface area contributed by atoms with Crippen LogP contribution >= 0.6 is 0 Å². The third-order valence-electron chi connectivity index (χ3n) is 3.24. The Hall–Kier alpha value is -1.32. The fourth-order valence-corrected chi connectivity index (χ4v) is 2.24. The molecule has 0 aromatic rings. The summed E-state index contributed by atoms with van der Waals surface area (Å²) in [6, 6.07) is 0. The maximum absolute atomic E-state index is 11.8. The molecule has 0 spiro atoms. The van der Waals surface area contributed by atoms with Crippen LogP contribution in [0.5, 0.6) is 0 Å². The Balaban J connectivity index is 2.33. The van der Waals surface area contributed by atoms with E-state index in [9.17, 15) is 9.59 Å². The third kappa shape index (κ3) is 4.59. The molecule has 0 saturated heterocycles. The van der Waals surface area contributed by atoms with Gasteiger partial charge in [-0.05, 0) is 32.6 Å². The van der Waals surface area contributed by atoms with Gasteiger partial charge in [-0.2, -0.15) is 0 Å². The molecule has 2 unspecified atom stereocenters. The molecule has 1 amide bonds. The van der Waals surface area contributed by atoms with E-state index in [4.69, 9.17) is 5.11 Å². The summed E-state index contributed by atoms with van der Waals surface area (Å²) < 4.78 is 0. The second kappa shape index (κ2) is 7.09. The van der Waals surface area contributed by atoms with Crippen molar-refractivity contribution in [2.24, 2.45) is 11.8 Å². The van der Waals surface area contributed by atoms with Crippen molar-refractivity contribution in [3.63, 3.8) is 0 Å². The quantitative estimate of drug-likeness (QED) is 0.569. The van der Waals surface area contributed by atoms with Gasteiger partial charge in [-0.3, -0.25) is 9.59 Å². The maximum atomic E-state index is 11.8. The van der Waals surface area contributed by atoms with Crippen LogP contribution in [0, 0.1) is 11.8 Å². The maximum Gasteiger partial charge on any atom is 0.306 e. The number of aliphatic carboxylic acids is 1. The molecule has 4 heteroatoms. The topological polar surface area (TPSA) is 66.4 Å². The predicted molar refractivity (Wildman–Crippen MR) is 65.5 cm³/mol. The van der Waals surface area contributed by atoms with E-state index < -0.39 is 5.97 Å². The highest BCUT2D eigenvalue weighted by Gasteiger charge is 2.30. The van der Waals surface area contributed by atoms with Crippen molar-refractivity contribution >= 4 is 11.9 Å². The Labute approximate surface area is 102 Å². The number of carbonyl (C=O) groups excluding carboxylic acids is 1. The summed E-state index contributed by atoms with van der Waals surface area (Å²) >= 11 is 0. The molecule has 4 nitrogen and oxygen atoms in total. The number of carbonyl (C=O) groups is 2. The number of rotatable bonds is 5. The fraction of sp³-hybridized carbons (Fsp3) is 0.692. The molecule has 0 radical (unpaired) electrons. The average molecular weight is 239 g/mol. The first-order chi connectivity index (χ1) is 8.15. The SMILES string of the molecule is C/C=C/CCNC(=O)C1CCCC(C(=O)O)C1. The van der Waals surface area contributed by atoms with Crippen molar-refractivity contribution in [1.82, 2.24) is 5.32 Å². The molecule has 1 aliphatic rings. The summed E-state index contributed by atoms with van der Waals surface area (Å²) in [7, 11) is 0. The van der Waals surface area contributed by atoms with E-state index in [2.05, 4.69) is 5.32 Å². The van der Waals surface area contributed by atoms with Gasteiger partial charge in [0, 0.05) is 12.5 Å². The van der Waals surface area contributed by atoms with Gasteiger partial charge in [-0.1, -0.05) is 18.6 Å². The predicted octanol–water partition coefficient (Wildman–Crippen LogP) is 1.96. The fourth-order valence-electron chi connectivity index (χ4n) is 2.24. The third-order valence-corrected chi connectivity index (χ3v) is 3.24. The standard InChI is InChI=1S/C13H21NO3/c1-2-3-4-8-14-12(15)10-6-5-7-11(9-10)13(16)17/h2-3,10-11H,4-9H2,1H3,(H,14,15)(H,16,17)/b3-2+. The smallest absolute Gasteiger partial charge is 0.306 e. The second-order valence-electron chi connectivity index (χ2n) is 4.55. The summed E-state index contributed by atoms with van der Waals surface area (Å²) in [5.41, 5.74) is 0. The molecule has 1 fully saturated rings. The van der Waals surface area contributed by atoms with Gasteiger partial charge in [0.1, 0.15) is 0 Å². The molecule has 96 valence electrons. The Morgan fingerprint density at radius 3 is 2.71 bits per heavy atom. The van der Waals surface area contributed by atoms with Gasteiger partial charge in [0.15, 0.2) is 0 Å². The largest absolute Gasteiger partial charge is 0.481 e. The first kappa shape index (κ1) is 13.7. The molecule has 1 saturated carbocycles. The van der Waals surface area contributed by atoms with Gasteiger partial charge < -0.3 is 10.4 Å². The summed E-state index contributed by atoms with van der Waals surface area (Å²) in [5.74, 6) is -1.21. The van der Waals surface area contributed by atoms with Gasteiger partial charge in [0.25, 0.3) is 0 Å². The van der Waals surface area contributed by atoms with E-state index in [-0.39, 0.29) is 17.7 Å². The molecule has 0 bridgehead atoms. The van der Waals surface area contributed by atoms with Crippen LogP contribution in [-0.4, -0.2) is 23.5 Å². The Morgan fingerprint density at radius 1 is 1.35 bits per heavy atom. The zero-order valence-corrected chi connectivity index (χ0v) is 10.3. The highest BCUT2D eigenvalue weighted by molar-refractivity contribution is 5.80. The molecule has 0 aliphatic heterocycles. The summed E-state index contributed by atoms with van der Waals surface area (Å²) in [6.45, 7) is 2.58. The average Bonchev–Trinajstić information content (AvgIpc) is 2.34. The van der Waals surface area contributed by atoms with Crippen molar-refractivity contribution in [2.75, 3.05) is 6.54 Å². The van der Waals surface area contributed by atoms with Crippen molar-refractivity contribution in [1.29, 1.82) is 0 Å². The van der Waals surface area contributed by atoms with E-state index in [1.165, 1.54) is 0 Å². The zero-order valence-electron chi connectivity index (χ0n) is 10.3. The second-order valence-corrected chi connectivity index (χ2v) is 4.55. The lowest BCUT2D eigenvalue weighted by Gasteiger charge is -2.25. The molecular weight excluding hydrogens is 218 g/mol. The Bertz CT molecular complexity index is 299.